The summed E-state index contributed by atoms with van der Waals surface area (Å²) >= 11 is 0. The van der Waals surface area contributed by atoms with Crippen molar-refractivity contribution in [2.75, 3.05) is 19.6 Å². The van der Waals surface area contributed by atoms with E-state index in [9.17, 15) is 4.79 Å². The number of rotatable bonds is 5. The highest BCUT2D eigenvalue weighted by molar-refractivity contribution is 5.92. The van der Waals surface area contributed by atoms with Crippen molar-refractivity contribution in [2.24, 2.45) is 5.92 Å². The first kappa shape index (κ1) is 15.3. The van der Waals surface area contributed by atoms with Crippen molar-refractivity contribution in [3.05, 3.63) is 17.5 Å². The third-order valence-corrected chi connectivity index (χ3v) is 3.98. The van der Waals surface area contributed by atoms with Gasteiger partial charge in [0.1, 0.15) is 5.76 Å². The molecule has 0 aromatic carbocycles. The van der Waals surface area contributed by atoms with Crippen molar-refractivity contribution < 1.29 is 9.32 Å². The fourth-order valence-corrected chi connectivity index (χ4v) is 2.61. The molecule has 1 amide bonds. The van der Waals surface area contributed by atoms with Gasteiger partial charge in [-0.05, 0) is 51.1 Å². The number of nitrogens with zero attached hydrogens (tertiary/aromatic N) is 1. The Kier molecular flexibility index (Phi) is 5.43. The molecule has 1 aromatic rings. The van der Waals surface area contributed by atoms with Crippen molar-refractivity contribution in [1.82, 2.24) is 15.8 Å². The molecule has 3 rings (SSSR count). The van der Waals surface area contributed by atoms with Gasteiger partial charge in [0.15, 0.2) is 5.69 Å². The Bertz CT molecular complexity index is 439. The molecule has 5 nitrogen and oxygen atoms in total. The van der Waals surface area contributed by atoms with Crippen LogP contribution in [0, 0.1) is 5.92 Å². The number of piperidine rings is 1. The molecule has 2 fully saturated rings. The number of hydrogen-bond acceptors (Lipinski definition) is 4. The minimum atomic E-state index is -0.112. The van der Waals surface area contributed by atoms with Crippen LogP contribution in [0.5, 0.6) is 0 Å². The van der Waals surface area contributed by atoms with E-state index in [-0.39, 0.29) is 18.3 Å². The third-order valence-electron chi connectivity index (χ3n) is 3.98. The second-order valence-corrected chi connectivity index (χ2v) is 5.65. The minimum Gasteiger partial charge on any atom is -0.360 e. The number of halogens is 1. The van der Waals surface area contributed by atoms with E-state index in [1.807, 2.05) is 0 Å². The van der Waals surface area contributed by atoms with Crippen molar-refractivity contribution in [3.63, 3.8) is 0 Å². The van der Waals surface area contributed by atoms with E-state index in [4.69, 9.17) is 4.52 Å². The summed E-state index contributed by atoms with van der Waals surface area (Å²) in [5, 5.41) is 10.2. The molecule has 0 bridgehead atoms. The average Bonchev–Trinajstić information content (AvgIpc) is 3.17. The monoisotopic (exact) mass is 299 g/mol. The zero-order valence-corrected chi connectivity index (χ0v) is 12.4. The standard InChI is InChI=1S/C14H21N3O2.ClH/c18-14(12-8-13(19-17-12)11-3-4-11)16-7-5-10-2-1-6-15-9-10;/h8,10-11,15H,1-7,9H2,(H,16,18);1H. The summed E-state index contributed by atoms with van der Waals surface area (Å²) in [6, 6.07) is 1.79. The average molecular weight is 300 g/mol. The van der Waals surface area contributed by atoms with Gasteiger partial charge in [-0.1, -0.05) is 5.16 Å². The molecular formula is C14H22ClN3O2. The Morgan fingerprint density at radius 3 is 3.00 bits per heavy atom. The summed E-state index contributed by atoms with van der Waals surface area (Å²) in [6.45, 7) is 2.92. The van der Waals surface area contributed by atoms with Crippen LogP contribution in [0.15, 0.2) is 10.6 Å². The van der Waals surface area contributed by atoms with Crippen LogP contribution in [0.3, 0.4) is 0 Å². The lowest BCUT2D eigenvalue weighted by Gasteiger charge is -2.22. The first-order chi connectivity index (χ1) is 9.33. The maximum atomic E-state index is 11.9. The number of carbonyl (C=O) groups is 1. The first-order valence-corrected chi connectivity index (χ1v) is 7.28. The summed E-state index contributed by atoms with van der Waals surface area (Å²) < 4.78 is 5.19. The van der Waals surface area contributed by atoms with Crippen LogP contribution in [-0.2, 0) is 0 Å². The largest absolute Gasteiger partial charge is 0.360 e. The molecule has 112 valence electrons. The SMILES string of the molecule is Cl.O=C(NCCC1CCCNC1)c1cc(C2CC2)on1. The van der Waals surface area contributed by atoms with Gasteiger partial charge in [0, 0.05) is 18.5 Å². The van der Waals surface area contributed by atoms with Crippen molar-refractivity contribution in [3.8, 4) is 0 Å². The fraction of sp³-hybridized carbons (Fsp3) is 0.714. The summed E-state index contributed by atoms with van der Waals surface area (Å²) in [5.74, 6) is 1.94. The van der Waals surface area contributed by atoms with Gasteiger partial charge in [0.2, 0.25) is 0 Å². The van der Waals surface area contributed by atoms with Gasteiger partial charge in [-0.25, -0.2) is 0 Å². The molecule has 1 aliphatic carbocycles. The molecule has 1 saturated heterocycles. The highest BCUT2D eigenvalue weighted by Gasteiger charge is 2.28. The van der Waals surface area contributed by atoms with Crippen LogP contribution in [0.2, 0.25) is 0 Å². The molecule has 2 aliphatic rings. The normalized spacial score (nSPS) is 22.1. The van der Waals surface area contributed by atoms with Gasteiger partial charge in [-0.3, -0.25) is 4.79 Å². The van der Waals surface area contributed by atoms with Gasteiger partial charge in [0.25, 0.3) is 5.91 Å². The molecule has 1 unspecified atom stereocenters. The van der Waals surface area contributed by atoms with Gasteiger partial charge in [-0.2, -0.15) is 0 Å². The Balaban J connectivity index is 0.00000147. The molecule has 2 heterocycles. The van der Waals surface area contributed by atoms with Crippen LogP contribution < -0.4 is 10.6 Å². The lowest BCUT2D eigenvalue weighted by molar-refractivity contribution is 0.0941. The zero-order valence-electron chi connectivity index (χ0n) is 11.6. The minimum absolute atomic E-state index is 0. The summed E-state index contributed by atoms with van der Waals surface area (Å²) in [6.07, 6.45) is 5.85. The highest BCUT2D eigenvalue weighted by atomic mass is 35.5. The Morgan fingerprint density at radius 1 is 1.45 bits per heavy atom. The summed E-state index contributed by atoms with van der Waals surface area (Å²) in [7, 11) is 0. The molecule has 1 saturated carbocycles. The molecule has 0 radical (unpaired) electrons. The predicted molar refractivity (Wildman–Crippen MR) is 78.3 cm³/mol. The maximum Gasteiger partial charge on any atom is 0.273 e. The van der Waals surface area contributed by atoms with Crippen LogP contribution >= 0.6 is 12.4 Å². The van der Waals surface area contributed by atoms with Crippen molar-refractivity contribution in [2.45, 2.75) is 38.0 Å². The van der Waals surface area contributed by atoms with Crippen LogP contribution in [0.1, 0.15) is 54.3 Å². The molecule has 1 aromatic heterocycles. The van der Waals surface area contributed by atoms with Gasteiger partial charge in [-0.15, -0.1) is 12.4 Å². The van der Waals surface area contributed by atoms with E-state index in [0.29, 0.717) is 17.5 Å². The van der Waals surface area contributed by atoms with Crippen LogP contribution in [0.25, 0.3) is 0 Å². The molecule has 6 heteroatoms. The topological polar surface area (TPSA) is 67.2 Å². The van der Waals surface area contributed by atoms with E-state index < -0.39 is 0 Å². The van der Waals surface area contributed by atoms with Gasteiger partial charge >= 0.3 is 0 Å². The third kappa shape index (κ3) is 3.96. The Labute approximate surface area is 125 Å². The Morgan fingerprint density at radius 2 is 2.30 bits per heavy atom. The van der Waals surface area contributed by atoms with E-state index in [1.165, 1.54) is 12.8 Å². The van der Waals surface area contributed by atoms with Crippen LogP contribution in [-0.4, -0.2) is 30.7 Å². The molecule has 0 spiro atoms. The number of aromatic nitrogens is 1. The molecule has 2 N–H and O–H groups in total. The molecular weight excluding hydrogens is 278 g/mol. The first-order valence-electron chi connectivity index (χ1n) is 7.28. The molecule has 20 heavy (non-hydrogen) atoms. The Hall–Kier alpha value is -1.07. The second kappa shape index (κ2) is 7.09. The lowest BCUT2D eigenvalue weighted by atomic mass is 9.96. The van der Waals surface area contributed by atoms with Gasteiger partial charge in [0.05, 0.1) is 0 Å². The van der Waals surface area contributed by atoms with Crippen molar-refractivity contribution in [1.29, 1.82) is 0 Å². The molecule has 1 atom stereocenters. The van der Waals surface area contributed by atoms with Crippen molar-refractivity contribution >= 4 is 18.3 Å². The van der Waals surface area contributed by atoms with Gasteiger partial charge < -0.3 is 15.2 Å². The fourth-order valence-electron chi connectivity index (χ4n) is 2.61. The molecule has 1 aliphatic heterocycles. The van der Waals surface area contributed by atoms with Crippen LogP contribution in [0.4, 0.5) is 0 Å². The smallest absolute Gasteiger partial charge is 0.273 e. The van der Waals surface area contributed by atoms with E-state index in [2.05, 4.69) is 15.8 Å². The van der Waals surface area contributed by atoms with E-state index >= 15 is 0 Å². The predicted octanol–water partition coefficient (Wildman–Crippen LogP) is 2.09. The number of amides is 1. The second-order valence-electron chi connectivity index (χ2n) is 5.65. The highest BCUT2D eigenvalue weighted by Crippen LogP contribution is 2.40. The quantitative estimate of drug-likeness (QED) is 0.874. The number of carbonyl (C=O) groups excluding carboxylic acids is 1. The number of nitrogens with one attached hydrogen (secondary N) is 2. The summed E-state index contributed by atoms with van der Waals surface area (Å²) in [5.41, 5.74) is 0.420. The summed E-state index contributed by atoms with van der Waals surface area (Å²) in [4.78, 5) is 11.9. The van der Waals surface area contributed by atoms with E-state index in [1.54, 1.807) is 6.07 Å². The van der Waals surface area contributed by atoms with E-state index in [0.717, 1.165) is 44.7 Å². The zero-order chi connectivity index (χ0) is 13.1. The lowest BCUT2D eigenvalue weighted by Crippen LogP contribution is -2.33. The maximum absolute atomic E-state index is 11.9. The number of hydrogen-bond donors (Lipinski definition) is 2.